The van der Waals surface area contributed by atoms with Crippen molar-refractivity contribution in [2.75, 3.05) is 0 Å². The van der Waals surface area contributed by atoms with Crippen LogP contribution in [0.25, 0.3) is 0 Å². The number of benzene rings is 1. The number of carbonyl (C=O) groups excluding carboxylic acids is 2. The molecule has 0 saturated heterocycles. The Morgan fingerprint density at radius 2 is 1.72 bits per heavy atom. The van der Waals surface area contributed by atoms with E-state index in [-0.39, 0.29) is 11.8 Å². The molecule has 1 aliphatic carbocycles. The van der Waals surface area contributed by atoms with E-state index in [0.717, 1.165) is 24.0 Å². The van der Waals surface area contributed by atoms with Gasteiger partial charge in [0, 0.05) is 12.8 Å². The van der Waals surface area contributed by atoms with Crippen LogP contribution in [0.2, 0.25) is 0 Å². The first-order valence-corrected chi connectivity index (χ1v) is 10.9. The first-order chi connectivity index (χ1) is 13.2. The van der Waals surface area contributed by atoms with Crippen molar-refractivity contribution in [3.05, 3.63) is 29.3 Å². The van der Waals surface area contributed by atoms with Gasteiger partial charge in [0.15, 0.2) is 0 Å². The van der Waals surface area contributed by atoms with Crippen LogP contribution in [0.4, 0.5) is 0 Å². The van der Waals surface area contributed by atoms with E-state index in [4.69, 9.17) is 19.3 Å². The lowest BCUT2D eigenvalue weighted by Gasteiger charge is -2.30. The normalized spacial score (nSPS) is 17.7. The topological polar surface area (TPSA) is 99.9 Å². The minimum Gasteiger partial charge on any atom is -0.427 e. The molecule has 0 spiro atoms. The van der Waals surface area contributed by atoms with E-state index in [9.17, 15) is 9.59 Å². The Morgan fingerprint density at radius 3 is 2.21 bits per heavy atom. The third-order valence-corrected chi connectivity index (χ3v) is 5.94. The number of hydrogen-bond donors (Lipinski definition) is 2. The van der Waals surface area contributed by atoms with Crippen LogP contribution in [-0.2, 0) is 25.1 Å². The molecule has 1 aromatic carbocycles. The van der Waals surface area contributed by atoms with Crippen molar-refractivity contribution in [2.24, 2.45) is 5.73 Å². The molecule has 0 radical (unpaired) electrons. The molecule has 162 valence electrons. The van der Waals surface area contributed by atoms with Crippen molar-refractivity contribution in [3.63, 3.8) is 0 Å². The van der Waals surface area contributed by atoms with Crippen LogP contribution in [-0.4, -0.2) is 29.1 Å². The zero-order valence-electron chi connectivity index (χ0n) is 18.4. The van der Waals surface area contributed by atoms with Crippen LogP contribution in [0.1, 0.15) is 71.9 Å². The molecule has 0 aromatic heterocycles. The third-order valence-electron chi connectivity index (χ3n) is 4.18. The van der Waals surface area contributed by atoms with Crippen LogP contribution in [0.5, 0.6) is 5.75 Å². The second kappa shape index (κ2) is 8.99. The third kappa shape index (κ3) is 7.25. The Labute approximate surface area is 174 Å². The Balaban J connectivity index is 2.21. The number of rotatable bonds is 7. The smallest absolute Gasteiger partial charge is 0.398 e. The predicted octanol–water partition coefficient (Wildman–Crippen LogP) is 3.94. The number of nitrogens with two attached hydrogens (primary N) is 1. The first kappa shape index (κ1) is 23.6. The molecule has 2 amide bonds. The van der Waals surface area contributed by atoms with Gasteiger partial charge < -0.3 is 15.6 Å². The van der Waals surface area contributed by atoms with E-state index in [1.165, 1.54) is 6.92 Å². The van der Waals surface area contributed by atoms with E-state index >= 15 is 0 Å². The van der Waals surface area contributed by atoms with Crippen molar-refractivity contribution in [2.45, 2.75) is 84.5 Å². The van der Waals surface area contributed by atoms with Crippen molar-refractivity contribution in [1.29, 1.82) is 0 Å². The highest BCUT2D eigenvalue weighted by atomic mass is 31.2. The summed E-state index contributed by atoms with van der Waals surface area (Å²) in [6.45, 7) is 13.1. The SMILES string of the molecule is CC(=O)N[C@H](C(N)=O)[C@H]1CCc2cc(OP(OC(C)(C)C)OC(C)(C)C)ccc21. The molecule has 2 rings (SSSR count). The second-order valence-corrected chi connectivity index (χ2v) is 10.3. The van der Waals surface area contributed by atoms with Gasteiger partial charge in [-0.05, 0) is 77.6 Å². The number of hydrogen-bond acceptors (Lipinski definition) is 5. The molecule has 1 aromatic rings. The Morgan fingerprint density at radius 1 is 1.14 bits per heavy atom. The van der Waals surface area contributed by atoms with Gasteiger partial charge in [0.05, 0.1) is 11.2 Å². The molecule has 29 heavy (non-hydrogen) atoms. The van der Waals surface area contributed by atoms with E-state index in [1.807, 2.05) is 59.7 Å². The molecular formula is C21H33N2O5P. The molecule has 2 atom stereocenters. The fourth-order valence-corrected chi connectivity index (χ4v) is 4.50. The van der Waals surface area contributed by atoms with Gasteiger partial charge in [-0.15, -0.1) is 0 Å². The Bertz CT molecular complexity index is 738. The highest BCUT2D eigenvalue weighted by molar-refractivity contribution is 7.42. The summed E-state index contributed by atoms with van der Waals surface area (Å²) in [5.74, 6) is -0.289. The molecule has 0 aliphatic heterocycles. The number of aryl methyl sites for hydroxylation is 1. The standard InChI is InChI=1S/C21H33N2O5P/c1-13(24)23-18(19(22)25)17-10-8-14-12-15(9-11-16(14)17)26-29(27-20(2,3)4)28-21(5,6)7/h9,11-12,17-18H,8,10H2,1-7H3,(H2,22,25)(H,23,24)/t17-,18-/m0/s1. The molecule has 3 N–H and O–H groups in total. The number of fused-ring (bicyclic) bond motifs is 1. The van der Waals surface area contributed by atoms with E-state index in [1.54, 1.807) is 0 Å². The lowest BCUT2D eigenvalue weighted by atomic mass is 9.92. The first-order valence-electron chi connectivity index (χ1n) is 9.81. The van der Waals surface area contributed by atoms with Gasteiger partial charge in [0.2, 0.25) is 11.8 Å². The van der Waals surface area contributed by atoms with Crippen LogP contribution in [0.15, 0.2) is 18.2 Å². The van der Waals surface area contributed by atoms with E-state index < -0.39 is 31.8 Å². The van der Waals surface area contributed by atoms with Crippen molar-refractivity contribution < 1.29 is 23.2 Å². The van der Waals surface area contributed by atoms with Gasteiger partial charge >= 0.3 is 8.60 Å². The summed E-state index contributed by atoms with van der Waals surface area (Å²) in [7, 11) is -1.60. The fourth-order valence-electron chi connectivity index (χ4n) is 3.21. The highest BCUT2D eigenvalue weighted by Crippen LogP contribution is 2.48. The minimum absolute atomic E-state index is 0.140. The van der Waals surface area contributed by atoms with Crippen LogP contribution in [0.3, 0.4) is 0 Å². The number of carbonyl (C=O) groups is 2. The van der Waals surface area contributed by atoms with Gasteiger partial charge in [-0.25, -0.2) is 0 Å². The predicted molar refractivity (Wildman–Crippen MR) is 114 cm³/mol. The summed E-state index contributed by atoms with van der Waals surface area (Å²) in [5, 5.41) is 2.68. The summed E-state index contributed by atoms with van der Waals surface area (Å²) in [6.07, 6.45) is 1.51. The molecule has 8 heteroatoms. The van der Waals surface area contributed by atoms with Crippen molar-refractivity contribution >= 4 is 20.4 Å². The van der Waals surface area contributed by atoms with Gasteiger partial charge in [0.1, 0.15) is 11.8 Å². The Hall–Kier alpha value is -1.69. The van der Waals surface area contributed by atoms with E-state index in [2.05, 4.69) is 5.32 Å². The number of primary amides is 1. The summed E-state index contributed by atoms with van der Waals surface area (Å²) < 4.78 is 18.0. The molecule has 0 heterocycles. The number of amides is 2. The largest absolute Gasteiger partial charge is 0.427 e. The maximum Gasteiger partial charge on any atom is 0.398 e. The monoisotopic (exact) mass is 424 g/mol. The van der Waals surface area contributed by atoms with Gasteiger partial charge in [-0.2, -0.15) is 0 Å². The quantitative estimate of drug-likeness (QED) is 0.646. The van der Waals surface area contributed by atoms with E-state index in [0.29, 0.717) is 5.75 Å². The maximum atomic E-state index is 11.9. The molecule has 0 bridgehead atoms. The fraction of sp³-hybridized carbons (Fsp3) is 0.619. The molecule has 0 saturated carbocycles. The highest BCUT2D eigenvalue weighted by Gasteiger charge is 2.34. The van der Waals surface area contributed by atoms with Gasteiger partial charge in [-0.3, -0.25) is 18.6 Å². The van der Waals surface area contributed by atoms with Crippen LogP contribution < -0.4 is 15.6 Å². The molecular weight excluding hydrogens is 391 g/mol. The van der Waals surface area contributed by atoms with Crippen molar-refractivity contribution in [1.82, 2.24) is 5.32 Å². The summed E-state index contributed by atoms with van der Waals surface area (Å²) >= 11 is 0. The minimum atomic E-state index is -1.60. The van der Waals surface area contributed by atoms with Gasteiger partial charge in [-0.1, -0.05) is 6.07 Å². The second-order valence-electron chi connectivity index (χ2n) is 9.31. The summed E-state index contributed by atoms with van der Waals surface area (Å²) in [6, 6.07) is 5.01. The molecule has 7 nitrogen and oxygen atoms in total. The van der Waals surface area contributed by atoms with Gasteiger partial charge in [0.25, 0.3) is 0 Å². The number of nitrogens with one attached hydrogen (secondary N) is 1. The van der Waals surface area contributed by atoms with Crippen LogP contribution in [0, 0.1) is 0 Å². The molecule has 0 fully saturated rings. The van der Waals surface area contributed by atoms with Crippen LogP contribution >= 0.6 is 8.60 Å². The maximum absolute atomic E-state index is 11.9. The molecule has 0 unspecified atom stereocenters. The summed E-state index contributed by atoms with van der Waals surface area (Å²) in [5.41, 5.74) is 6.79. The Kier molecular flexibility index (Phi) is 7.31. The average Bonchev–Trinajstić information content (AvgIpc) is 2.91. The zero-order chi connectivity index (χ0) is 22.0. The van der Waals surface area contributed by atoms with Crippen molar-refractivity contribution in [3.8, 4) is 5.75 Å². The zero-order valence-corrected chi connectivity index (χ0v) is 19.3. The molecule has 1 aliphatic rings. The lowest BCUT2D eigenvalue weighted by Crippen LogP contribution is -2.47. The lowest BCUT2D eigenvalue weighted by molar-refractivity contribution is -0.126. The average molecular weight is 424 g/mol. The summed E-state index contributed by atoms with van der Waals surface area (Å²) in [4.78, 5) is 23.3.